The van der Waals surface area contributed by atoms with Gasteiger partial charge in [-0.15, -0.1) is 4.91 Å². The van der Waals surface area contributed by atoms with Crippen molar-refractivity contribution >= 4 is 16.6 Å². The summed E-state index contributed by atoms with van der Waals surface area (Å²) in [5.74, 6) is 1.28. The number of benzene rings is 2. The average Bonchev–Trinajstić information content (AvgIpc) is 2.60. The van der Waals surface area contributed by atoms with Crippen molar-refractivity contribution in [2.45, 2.75) is 0 Å². The molecule has 0 radical (unpaired) electrons. The first-order chi connectivity index (χ1) is 11.2. The van der Waals surface area contributed by atoms with Gasteiger partial charge in [0, 0.05) is 11.6 Å². The summed E-state index contributed by atoms with van der Waals surface area (Å²) in [5.41, 5.74) is 1.01. The third-order valence-corrected chi connectivity index (χ3v) is 3.44. The quantitative estimate of drug-likeness (QED) is 0.747. The summed E-state index contributed by atoms with van der Waals surface area (Å²) in [6.45, 7) is 0. The minimum atomic E-state index is -0.310. The zero-order chi connectivity index (χ0) is 16.4. The van der Waals surface area contributed by atoms with Crippen LogP contribution in [-0.2, 0) is 0 Å². The number of nitrogens with one attached hydrogen (secondary N) is 1. The lowest BCUT2D eigenvalue weighted by Gasteiger charge is -2.09. The van der Waals surface area contributed by atoms with Crippen LogP contribution in [0.1, 0.15) is 0 Å². The van der Waals surface area contributed by atoms with E-state index in [1.54, 1.807) is 36.4 Å². The third kappa shape index (κ3) is 2.64. The number of methoxy groups -OCH3 is 2. The Labute approximate surface area is 130 Å². The average molecular weight is 311 g/mol. The van der Waals surface area contributed by atoms with Crippen LogP contribution in [0.5, 0.6) is 11.5 Å². The van der Waals surface area contributed by atoms with Gasteiger partial charge in [-0.2, -0.15) is 0 Å². The molecular formula is C16H13N3O4. The van der Waals surface area contributed by atoms with E-state index in [2.05, 4.69) is 15.1 Å². The molecule has 3 aromatic rings. The first kappa shape index (κ1) is 14.7. The minimum Gasteiger partial charge on any atom is -0.493 e. The molecular weight excluding hydrogens is 298 g/mol. The lowest BCUT2D eigenvalue weighted by atomic mass is 10.1. The Bertz CT molecular complexity index is 950. The molecule has 0 aliphatic heterocycles. The summed E-state index contributed by atoms with van der Waals surface area (Å²) >= 11 is 0. The SMILES string of the molecule is COc1cc2nc(-c3cccc(N=O)c3)[nH]c(=O)c2cc1OC. The summed E-state index contributed by atoms with van der Waals surface area (Å²) in [6.07, 6.45) is 0. The van der Waals surface area contributed by atoms with Gasteiger partial charge in [-0.3, -0.25) is 4.79 Å². The van der Waals surface area contributed by atoms with Gasteiger partial charge in [0.05, 0.1) is 25.1 Å². The molecule has 0 bridgehead atoms. The minimum absolute atomic E-state index is 0.262. The molecule has 0 amide bonds. The Morgan fingerprint density at radius 1 is 1.09 bits per heavy atom. The van der Waals surface area contributed by atoms with Crippen LogP contribution in [0.3, 0.4) is 0 Å². The molecule has 0 spiro atoms. The maximum Gasteiger partial charge on any atom is 0.259 e. The highest BCUT2D eigenvalue weighted by Gasteiger charge is 2.12. The fourth-order valence-electron chi connectivity index (χ4n) is 2.31. The first-order valence-corrected chi connectivity index (χ1v) is 6.76. The molecule has 3 rings (SSSR count). The Morgan fingerprint density at radius 3 is 2.52 bits per heavy atom. The first-order valence-electron chi connectivity index (χ1n) is 6.76. The van der Waals surface area contributed by atoms with Crippen LogP contribution >= 0.6 is 0 Å². The number of aromatic nitrogens is 2. The van der Waals surface area contributed by atoms with Crippen LogP contribution in [0.25, 0.3) is 22.3 Å². The number of aromatic amines is 1. The van der Waals surface area contributed by atoms with Crippen molar-refractivity contribution < 1.29 is 9.47 Å². The molecule has 7 nitrogen and oxygen atoms in total. The predicted molar refractivity (Wildman–Crippen MR) is 86.4 cm³/mol. The summed E-state index contributed by atoms with van der Waals surface area (Å²) < 4.78 is 10.4. The topological polar surface area (TPSA) is 93.6 Å². The fourth-order valence-corrected chi connectivity index (χ4v) is 2.31. The summed E-state index contributed by atoms with van der Waals surface area (Å²) in [5, 5.41) is 3.27. The van der Waals surface area contributed by atoms with Crippen LogP contribution in [-0.4, -0.2) is 24.2 Å². The summed E-state index contributed by atoms with van der Waals surface area (Å²) in [4.78, 5) is 30.1. The van der Waals surface area contributed by atoms with Gasteiger partial charge >= 0.3 is 0 Å². The van der Waals surface area contributed by atoms with Crippen molar-refractivity contribution in [3.05, 3.63) is 51.7 Å². The Balaban J connectivity index is 2.24. The number of rotatable bonds is 4. The van der Waals surface area contributed by atoms with Crippen LogP contribution in [0.4, 0.5) is 5.69 Å². The van der Waals surface area contributed by atoms with Crippen molar-refractivity contribution in [3.63, 3.8) is 0 Å². The fraction of sp³-hybridized carbons (Fsp3) is 0.125. The van der Waals surface area contributed by atoms with Crippen molar-refractivity contribution in [1.29, 1.82) is 0 Å². The highest BCUT2D eigenvalue weighted by molar-refractivity contribution is 5.83. The van der Waals surface area contributed by atoms with Gasteiger partial charge in [0.15, 0.2) is 11.5 Å². The van der Waals surface area contributed by atoms with Crippen molar-refractivity contribution in [1.82, 2.24) is 9.97 Å². The molecule has 0 unspecified atom stereocenters. The Morgan fingerprint density at radius 2 is 1.83 bits per heavy atom. The molecule has 23 heavy (non-hydrogen) atoms. The molecule has 0 fully saturated rings. The van der Waals surface area contributed by atoms with Crippen LogP contribution in [0.15, 0.2) is 46.4 Å². The van der Waals surface area contributed by atoms with E-state index in [0.717, 1.165) is 0 Å². The maximum atomic E-state index is 12.3. The van der Waals surface area contributed by atoms with E-state index in [9.17, 15) is 9.70 Å². The van der Waals surface area contributed by atoms with Gasteiger partial charge in [-0.1, -0.05) is 12.1 Å². The molecule has 2 aromatic carbocycles. The van der Waals surface area contributed by atoms with Gasteiger partial charge in [0.2, 0.25) is 0 Å². The standard InChI is InChI=1S/C16H13N3O4/c1-22-13-7-11-12(8-14(13)23-2)17-15(18-16(11)20)9-4-3-5-10(6-9)19-21/h3-8H,1-2H3,(H,17,18,20). The number of nitrogens with zero attached hydrogens (tertiary/aromatic N) is 2. The molecule has 116 valence electrons. The molecule has 0 saturated heterocycles. The zero-order valence-corrected chi connectivity index (χ0v) is 12.5. The van der Waals surface area contributed by atoms with Crippen LogP contribution in [0.2, 0.25) is 0 Å². The van der Waals surface area contributed by atoms with Gasteiger partial charge in [0.1, 0.15) is 11.5 Å². The highest BCUT2D eigenvalue weighted by Crippen LogP contribution is 2.30. The summed E-state index contributed by atoms with van der Waals surface area (Å²) in [6, 6.07) is 9.74. The lowest BCUT2D eigenvalue weighted by Crippen LogP contribution is -2.10. The number of hydrogen-bond acceptors (Lipinski definition) is 6. The van der Waals surface area contributed by atoms with E-state index in [-0.39, 0.29) is 11.2 Å². The molecule has 1 N–H and O–H groups in total. The molecule has 1 heterocycles. The Hall–Kier alpha value is -3.22. The second kappa shape index (κ2) is 5.88. The number of nitroso groups, excluding NO2 is 1. The van der Waals surface area contributed by atoms with E-state index in [1.165, 1.54) is 14.2 Å². The maximum absolute atomic E-state index is 12.3. The second-order valence-corrected chi connectivity index (χ2v) is 4.78. The van der Waals surface area contributed by atoms with E-state index >= 15 is 0 Å². The third-order valence-electron chi connectivity index (χ3n) is 3.44. The second-order valence-electron chi connectivity index (χ2n) is 4.78. The van der Waals surface area contributed by atoms with E-state index in [0.29, 0.717) is 33.8 Å². The van der Waals surface area contributed by atoms with E-state index in [4.69, 9.17) is 9.47 Å². The summed E-state index contributed by atoms with van der Waals surface area (Å²) in [7, 11) is 3.01. The monoisotopic (exact) mass is 311 g/mol. The van der Waals surface area contributed by atoms with Crippen molar-refractivity contribution in [2.75, 3.05) is 14.2 Å². The zero-order valence-electron chi connectivity index (χ0n) is 12.5. The molecule has 0 aliphatic carbocycles. The predicted octanol–water partition coefficient (Wildman–Crippen LogP) is 3.01. The number of fused-ring (bicyclic) bond motifs is 1. The van der Waals surface area contributed by atoms with Gasteiger partial charge in [-0.25, -0.2) is 4.98 Å². The smallest absolute Gasteiger partial charge is 0.259 e. The van der Waals surface area contributed by atoms with E-state index in [1.807, 2.05) is 0 Å². The van der Waals surface area contributed by atoms with Gasteiger partial charge < -0.3 is 14.5 Å². The molecule has 0 saturated carbocycles. The number of ether oxygens (including phenoxy) is 2. The van der Waals surface area contributed by atoms with Gasteiger partial charge in [-0.05, 0) is 23.4 Å². The van der Waals surface area contributed by atoms with Crippen LogP contribution < -0.4 is 15.0 Å². The normalized spacial score (nSPS) is 10.5. The van der Waals surface area contributed by atoms with Crippen LogP contribution in [0, 0.1) is 4.91 Å². The molecule has 1 aromatic heterocycles. The van der Waals surface area contributed by atoms with Crippen molar-refractivity contribution in [2.24, 2.45) is 5.18 Å². The number of H-pyrrole nitrogens is 1. The highest BCUT2D eigenvalue weighted by atomic mass is 16.5. The number of hydrogen-bond donors (Lipinski definition) is 1. The lowest BCUT2D eigenvalue weighted by molar-refractivity contribution is 0.355. The Kier molecular flexibility index (Phi) is 3.76. The largest absolute Gasteiger partial charge is 0.493 e. The van der Waals surface area contributed by atoms with Crippen molar-refractivity contribution in [3.8, 4) is 22.9 Å². The molecule has 0 atom stereocenters. The van der Waals surface area contributed by atoms with E-state index < -0.39 is 0 Å². The van der Waals surface area contributed by atoms with Gasteiger partial charge in [0.25, 0.3) is 5.56 Å². The molecule has 7 heteroatoms. The molecule has 0 aliphatic rings.